The lowest BCUT2D eigenvalue weighted by Gasteiger charge is -1.95. The zero-order chi connectivity index (χ0) is 20.9. The van der Waals surface area contributed by atoms with Crippen molar-refractivity contribution in [3.05, 3.63) is 78.9 Å². The Labute approximate surface area is 147 Å². The van der Waals surface area contributed by atoms with Crippen molar-refractivity contribution in [3.8, 4) is 0 Å². The van der Waals surface area contributed by atoms with Crippen molar-refractivity contribution in [1.82, 2.24) is 0 Å². The van der Waals surface area contributed by atoms with Crippen LogP contribution in [-0.2, 0) is 4.74 Å². The summed E-state index contributed by atoms with van der Waals surface area (Å²) in [5.74, 6) is 0. The first-order valence-corrected chi connectivity index (χ1v) is 7.12. The molecule has 23 heavy (non-hydrogen) atoms. The highest BCUT2D eigenvalue weighted by molar-refractivity contribution is 4.25. The zero-order valence-corrected chi connectivity index (χ0v) is 16.0. The van der Waals surface area contributed by atoms with Crippen LogP contribution in [0.3, 0.4) is 0 Å². The summed E-state index contributed by atoms with van der Waals surface area (Å²) in [6.07, 6.45) is 2.28. The van der Waals surface area contributed by atoms with Crippen molar-refractivity contribution in [2.24, 2.45) is 0 Å². The smallest absolute Gasteiger partial charge is 0.0662 e. The summed E-state index contributed by atoms with van der Waals surface area (Å²) in [6, 6.07) is 0. The summed E-state index contributed by atoms with van der Waals surface area (Å²) >= 11 is 0. The van der Waals surface area contributed by atoms with E-state index < -0.39 is 0 Å². The molecule has 142 valence electrons. The fraction of sp³-hybridized carbons (Fsp3) is 0.400. The third-order valence-corrected chi connectivity index (χ3v) is 0.797. The van der Waals surface area contributed by atoms with Gasteiger partial charge in [-0.15, -0.1) is 78.9 Å². The van der Waals surface area contributed by atoms with Gasteiger partial charge in [0.25, 0.3) is 0 Å². The van der Waals surface area contributed by atoms with Gasteiger partial charge < -0.3 is 14.9 Å². The lowest BCUT2D eigenvalue weighted by molar-refractivity contribution is 0.135. The number of aliphatic hydroxyl groups is 2. The molecule has 0 aliphatic carbocycles. The number of hydrogen-bond acceptors (Lipinski definition) is 3. The van der Waals surface area contributed by atoms with Crippen LogP contribution in [0.15, 0.2) is 78.9 Å². The molecule has 0 bridgehead atoms. The molecule has 2 N–H and O–H groups in total. The van der Waals surface area contributed by atoms with E-state index in [9.17, 15) is 0 Å². The highest BCUT2D eigenvalue weighted by Gasteiger charge is 1.77. The Hall–Kier alpha value is -1.68. The molecular formula is C20H44O3. The minimum Gasteiger partial charge on any atom is -0.394 e. The average molecular weight is 333 g/mol. The highest BCUT2D eigenvalue weighted by atomic mass is 16.5. The molecule has 0 heterocycles. The number of aliphatic hydroxyl groups excluding tert-OH is 2. The molecule has 0 aromatic carbocycles. The topological polar surface area (TPSA) is 49.7 Å². The number of rotatable bonds is 5. The zero-order valence-electron chi connectivity index (χ0n) is 16.0. The van der Waals surface area contributed by atoms with Crippen LogP contribution in [0.2, 0.25) is 0 Å². The van der Waals surface area contributed by atoms with Crippen LogP contribution in [0.5, 0.6) is 0 Å². The fourth-order valence-electron chi connectivity index (χ4n) is 0.391. The van der Waals surface area contributed by atoms with E-state index in [1.54, 1.807) is 0 Å². The molecule has 3 nitrogen and oxygen atoms in total. The largest absolute Gasteiger partial charge is 0.394 e. The van der Waals surface area contributed by atoms with Gasteiger partial charge in [-0.25, -0.2) is 0 Å². The summed E-state index contributed by atoms with van der Waals surface area (Å²) < 4.78 is 5.13. The van der Waals surface area contributed by atoms with Crippen molar-refractivity contribution in [1.29, 1.82) is 0 Å². The van der Waals surface area contributed by atoms with Crippen LogP contribution in [0.4, 0.5) is 0 Å². The van der Waals surface area contributed by atoms with Gasteiger partial charge in [-0.1, -0.05) is 13.8 Å². The van der Waals surface area contributed by atoms with Crippen molar-refractivity contribution >= 4 is 0 Å². The third kappa shape index (κ3) is 619. The SMILES string of the molecule is C=C.C=C.C=C.C=C.C=C.C=C.CCCOCCC.OCCO. The quantitative estimate of drug-likeness (QED) is 0.508. The molecule has 0 amide bonds. The Bertz CT molecular complexity index is 87.6. The molecule has 0 aliphatic heterocycles. The first kappa shape index (κ1) is 49.6. The second kappa shape index (κ2) is 268. The van der Waals surface area contributed by atoms with Gasteiger partial charge in [0, 0.05) is 13.2 Å². The van der Waals surface area contributed by atoms with Gasteiger partial charge in [0.15, 0.2) is 0 Å². The lowest BCUT2D eigenvalue weighted by atomic mass is 10.5. The Morgan fingerprint density at radius 1 is 0.522 bits per heavy atom. The third-order valence-electron chi connectivity index (χ3n) is 0.797. The summed E-state index contributed by atoms with van der Waals surface area (Å²) in [5.41, 5.74) is 0. The van der Waals surface area contributed by atoms with Crippen molar-refractivity contribution in [2.75, 3.05) is 26.4 Å². The molecule has 0 fully saturated rings. The highest BCUT2D eigenvalue weighted by Crippen LogP contribution is 1.81. The van der Waals surface area contributed by atoms with Crippen LogP contribution in [0.1, 0.15) is 26.7 Å². The Balaban J connectivity index is -0.0000000205. The first-order chi connectivity index (χ1) is 11.3. The number of ether oxygens (including phenoxy) is 1. The van der Waals surface area contributed by atoms with E-state index in [2.05, 4.69) is 92.8 Å². The lowest BCUT2D eigenvalue weighted by Crippen LogP contribution is -1.92. The van der Waals surface area contributed by atoms with Crippen molar-refractivity contribution < 1.29 is 14.9 Å². The predicted octanol–water partition coefficient (Wildman–Crippen LogP) is 5.61. The van der Waals surface area contributed by atoms with E-state index in [4.69, 9.17) is 14.9 Å². The number of hydrogen-bond donors (Lipinski definition) is 2. The molecule has 0 spiro atoms. The van der Waals surface area contributed by atoms with Crippen molar-refractivity contribution in [2.45, 2.75) is 26.7 Å². The maximum absolute atomic E-state index is 7.62. The normalized spacial score (nSPS) is 5.22. The summed E-state index contributed by atoms with van der Waals surface area (Å²) in [6.45, 7) is 41.8. The molecule has 0 radical (unpaired) electrons. The van der Waals surface area contributed by atoms with E-state index in [-0.39, 0.29) is 13.2 Å². The van der Waals surface area contributed by atoms with Gasteiger partial charge in [0.05, 0.1) is 13.2 Å². The Morgan fingerprint density at radius 3 is 0.783 bits per heavy atom. The minimum atomic E-state index is -0.125. The molecule has 0 unspecified atom stereocenters. The molecule has 0 rings (SSSR count). The maximum Gasteiger partial charge on any atom is 0.0662 e. The predicted molar refractivity (Wildman–Crippen MR) is 113 cm³/mol. The fourth-order valence-corrected chi connectivity index (χ4v) is 0.391. The van der Waals surface area contributed by atoms with Gasteiger partial charge in [-0.05, 0) is 12.8 Å². The molecule has 0 atom stereocenters. The van der Waals surface area contributed by atoms with Crippen LogP contribution in [0.25, 0.3) is 0 Å². The van der Waals surface area contributed by atoms with Gasteiger partial charge in [-0.3, -0.25) is 0 Å². The van der Waals surface area contributed by atoms with Gasteiger partial charge in [0.1, 0.15) is 0 Å². The molecular weight excluding hydrogens is 288 g/mol. The summed E-state index contributed by atoms with van der Waals surface area (Å²) in [4.78, 5) is 0. The van der Waals surface area contributed by atoms with Crippen LogP contribution >= 0.6 is 0 Å². The van der Waals surface area contributed by atoms with E-state index in [0.717, 1.165) is 26.1 Å². The van der Waals surface area contributed by atoms with Crippen LogP contribution in [0, 0.1) is 0 Å². The summed E-state index contributed by atoms with van der Waals surface area (Å²) in [5, 5.41) is 15.2. The van der Waals surface area contributed by atoms with Gasteiger partial charge in [0.2, 0.25) is 0 Å². The molecule has 3 heteroatoms. The van der Waals surface area contributed by atoms with E-state index >= 15 is 0 Å². The Morgan fingerprint density at radius 2 is 0.696 bits per heavy atom. The second-order valence-corrected chi connectivity index (χ2v) is 2.06. The maximum atomic E-state index is 7.62. The van der Waals surface area contributed by atoms with Crippen LogP contribution < -0.4 is 0 Å². The van der Waals surface area contributed by atoms with E-state index in [0.29, 0.717) is 0 Å². The molecule has 0 aromatic rings. The first-order valence-electron chi connectivity index (χ1n) is 7.12. The van der Waals surface area contributed by atoms with E-state index in [1.165, 1.54) is 0 Å². The summed E-state index contributed by atoms with van der Waals surface area (Å²) in [7, 11) is 0. The van der Waals surface area contributed by atoms with Crippen molar-refractivity contribution in [3.63, 3.8) is 0 Å². The Kier molecular flexibility index (Phi) is 578. The standard InChI is InChI=1S/C6H14O.C2H6O2.6C2H4/c1-3-5-7-6-4-2;3-1-2-4;6*1-2/h3-6H2,1-2H3;3-4H,1-2H2;6*1-2H2. The average Bonchev–Trinajstić information content (AvgIpc) is 2.72. The molecule has 0 saturated heterocycles. The molecule has 0 aromatic heterocycles. The monoisotopic (exact) mass is 332 g/mol. The van der Waals surface area contributed by atoms with E-state index in [1.807, 2.05) is 0 Å². The molecule has 0 saturated carbocycles. The van der Waals surface area contributed by atoms with Gasteiger partial charge >= 0.3 is 0 Å². The second-order valence-electron chi connectivity index (χ2n) is 2.06. The van der Waals surface area contributed by atoms with Gasteiger partial charge in [-0.2, -0.15) is 0 Å². The minimum absolute atomic E-state index is 0.125. The molecule has 0 aliphatic rings. The van der Waals surface area contributed by atoms with Crippen LogP contribution in [-0.4, -0.2) is 36.6 Å².